The lowest BCUT2D eigenvalue weighted by Gasteiger charge is -2.24. The highest BCUT2D eigenvalue weighted by molar-refractivity contribution is 7.92. The SMILES string of the molecule is COc1ccc(C(C)NC(=O)CN(c2cccc3ccccc23)S(C)(=O)=O)cc1OC. The minimum Gasteiger partial charge on any atom is -0.493 e. The van der Waals surface area contributed by atoms with Crippen molar-refractivity contribution in [3.8, 4) is 11.5 Å². The first kappa shape index (κ1) is 22.4. The normalized spacial score (nSPS) is 12.3. The summed E-state index contributed by atoms with van der Waals surface area (Å²) in [5.41, 5.74) is 1.27. The highest BCUT2D eigenvalue weighted by atomic mass is 32.2. The van der Waals surface area contributed by atoms with Gasteiger partial charge in [0.25, 0.3) is 0 Å². The lowest BCUT2D eigenvalue weighted by Crippen LogP contribution is -2.41. The Labute approximate surface area is 182 Å². The number of benzene rings is 3. The Morgan fingerprint density at radius 3 is 2.35 bits per heavy atom. The fraction of sp³-hybridized carbons (Fsp3) is 0.261. The molecule has 164 valence electrons. The molecule has 0 spiro atoms. The number of anilines is 1. The van der Waals surface area contributed by atoms with Crippen LogP contribution in [0.1, 0.15) is 18.5 Å². The first-order valence-electron chi connectivity index (χ1n) is 9.71. The topological polar surface area (TPSA) is 84.9 Å². The van der Waals surface area contributed by atoms with E-state index < -0.39 is 15.9 Å². The summed E-state index contributed by atoms with van der Waals surface area (Å²) in [7, 11) is -0.597. The number of fused-ring (bicyclic) bond motifs is 1. The van der Waals surface area contributed by atoms with Gasteiger partial charge < -0.3 is 14.8 Å². The van der Waals surface area contributed by atoms with Gasteiger partial charge >= 0.3 is 0 Å². The van der Waals surface area contributed by atoms with Crippen LogP contribution in [-0.2, 0) is 14.8 Å². The molecule has 0 aliphatic heterocycles. The molecule has 3 aromatic carbocycles. The molecule has 1 N–H and O–H groups in total. The predicted molar refractivity (Wildman–Crippen MR) is 122 cm³/mol. The average Bonchev–Trinajstić information content (AvgIpc) is 2.75. The Morgan fingerprint density at radius 1 is 1.00 bits per heavy atom. The number of methoxy groups -OCH3 is 2. The lowest BCUT2D eigenvalue weighted by atomic mass is 10.1. The monoisotopic (exact) mass is 442 g/mol. The van der Waals surface area contributed by atoms with E-state index in [4.69, 9.17) is 9.47 Å². The molecular formula is C23H26N2O5S. The van der Waals surface area contributed by atoms with Gasteiger partial charge in [0, 0.05) is 5.39 Å². The van der Waals surface area contributed by atoms with Crippen molar-refractivity contribution in [1.29, 1.82) is 0 Å². The maximum Gasteiger partial charge on any atom is 0.241 e. The second-order valence-corrected chi connectivity index (χ2v) is 9.08. The second kappa shape index (κ2) is 9.26. The molecule has 0 aliphatic carbocycles. The van der Waals surface area contributed by atoms with Crippen LogP contribution in [-0.4, -0.2) is 41.3 Å². The van der Waals surface area contributed by atoms with Crippen molar-refractivity contribution < 1.29 is 22.7 Å². The molecule has 0 heterocycles. The van der Waals surface area contributed by atoms with E-state index in [0.717, 1.165) is 26.9 Å². The van der Waals surface area contributed by atoms with Crippen molar-refractivity contribution in [2.24, 2.45) is 0 Å². The maximum atomic E-state index is 12.8. The number of carbonyl (C=O) groups is 1. The molecular weight excluding hydrogens is 416 g/mol. The quantitative estimate of drug-likeness (QED) is 0.577. The largest absolute Gasteiger partial charge is 0.493 e. The Bertz CT molecular complexity index is 1190. The van der Waals surface area contributed by atoms with Gasteiger partial charge in [0.1, 0.15) is 6.54 Å². The van der Waals surface area contributed by atoms with Gasteiger partial charge in [-0.25, -0.2) is 8.42 Å². The van der Waals surface area contributed by atoms with Crippen molar-refractivity contribution in [2.75, 3.05) is 31.3 Å². The zero-order chi connectivity index (χ0) is 22.6. The minimum absolute atomic E-state index is 0.329. The molecule has 0 saturated heterocycles. The summed E-state index contributed by atoms with van der Waals surface area (Å²) in [6, 6.07) is 17.9. The highest BCUT2D eigenvalue weighted by Gasteiger charge is 2.23. The first-order valence-corrected chi connectivity index (χ1v) is 11.6. The molecule has 3 rings (SSSR count). The van der Waals surface area contributed by atoms with Crippen molar-refractivity contribution >= 4 is 32.4 Å². The summed E-state index contributed by atoms with van der Waals surface area (Å²) in [5.74, 6) is 0.722. The number of nitrogens with zero attached hydrogens (tertiary/aromatic N) is 1. The van der Waals surface area contributed by atoms with Gasteiger partial charge in [-0.1, -0.05) is 42.5 Å². The number of rotatable bonds is 8. The maximum absolute atomic E-state index is 12.8. The van der Waals surface area contributed by atoms with Crippen LogP contribution in [0, 0.1) is 0 Å². The zero-order valence-corrected chi connectivity index (χ0v) is 18.8. The van der Waals surface area contributed by atoms with E-state index in [1.165, 1.54) is 0 Å². The number of carbonyl (C=O) groups excluding carboxylic acids is 1. The Hall–Kier alpha value is -3.26. The summed E-state index contributed by atoms with van der Waals surface area (Å²) in [6.45, 7) is 1.49. The fourth-order valence-corrected chi connectivity index (χ4v) is 4.30. The van der Waals surface area contributed by atoms with E-state index >= 15 is 0 Å². The van der Waals surface area contributed by atoms with Crippen LogP contribution in [0.15, 0.2) is 60.7 Å². The summed E-state index contributed by atoms with van der Waals surface area (Å²) >= 11 is 0. The van der Waals surface area contributed by atoms with E-state index in [9.17, 15) is 13.2 Å². The van der Waals surface area contributed by atoms with Crippen molar-refractivity contribution in [1.82, 2.24) is 5.32 Å². The first-order chi connectivity index (χ1) is 14.7. The molecule has 0 fully saturated rings. The van der Waals surface area contributed by atoms with Crippen molar-refractivity contribution in [3.63, 3.8) is 0 Å². The van der Waals surface area contributed by atoms with Gasteiger partial charge in [-0.2, -0.15) is 0 Å². The molecule has 1 amide bonds. The Kier molecular flexibility index (Phi) is 6.70. The van der Waals surface area contributed by atoms with E-state index in [-0.39, 0.29) is 12.6 Å². The van der Waals surface area contributed by atoms with Crippen LogP contribution in [0.5, 0.6) is 11.5 Å². The molecule has 3 aromatic rings. The molecule has 0 aromatic heterocycles. The second-order valence-electron chi connectivity index (χ2n) is 7.17. The van der Waals surface area contributed by atoms with E-state index in [0.29, 0.717) is 17.2 Å². The highest BCUT2D eigenvalue weighted by Crippen LogP contribution is 2.30. The van der Waals surface area contributed by atoms with Crippen molar-refractivity contribution in [3.05, 3.63) is 66.2 Å². The van der Waals surface area contributed by atoms with Gasteiger partial charge in [-0.3, -0.25) is 9.10 Å². The number of hydrogen-bond donors (Lipinski definition) is 1. The van der Waals surface area contributed by atoms with Crippen LogP contribution in [0.3, 0.4) is 0 Å². The van der Waals surface area contributed by atoms with Gasteiger partial charge in [0.05, 0.1) is 32.2 Å². The zero-order valence-electron chi connectivity index (χ0n) is 18.0. The molecule has 0 bridgehead atoms. The Morgan fingerprint density at radius 2 is 1.68 bits per heavy atom. The lowest BCUT2D eigenvalue weighted by molar-refractivity contribution is -0.120. The summed E-state index contributed by atoms with van der Waals surface area (Å²) in [5, 5.41) is 4.52. The van der Waals surface area contributed by atoms with Gasteiger partial charge in [0.2, 0.25) is 15.9 Å². The summed E-state index contributed by atoms with van der Waals surface area (Å²) in [4.78, 5) is 12.8. The third kappa shape index (κ3) is 5.08. The number of hydrogen-bond acceptors (Lipinski definition) is 5. The van der Waals surface area contributed by atoms with E-state index in [1.54, 1.807) is 38.5 Å². The van der Waals surface area contributed by atoms with Gasteiger partial charge in [0.15, 0.2) is 11.5 Å². The summed E-state index contributed by atoms with van der Waals surface area (Å²) in [6.07, 6.45) is 1.10. The predicted octanol–water partition coefficient (Wildman–Crippen LogP) is 3.50. The van der Waals surface area contributed by atoms with Crippen LogP contribution < -0.4 is 19.1 Å². The van der Waals surface area contributed by atoms with Crippen LogP contribution in [0.4, 0.5) is 5.69 Å². The van der Waals surface area contributed by atoms with Crippen LogP contribution >= 0.6 is 0 Å². The average molecular weight is 443 g/mol. The van der Waals surface area contributed by atoms with E-state index in [1.807, 2.05) is 43.3 Å². The number of amides is 1. The molecule has 1 atom stereocenters. The minimum atomic E-state index is -3.69. The van der Waals surface area contributed by atoms with E-state index in [2.05, 4.69) is 5.32 Å². The molecule has 0 aliphatic rings. The van der Waals surface area contributed by atoms with Gasteiger partial charge in [-0.05, 0) is 36.1 Å². The fourth-order valence-electron chi connectivity index (χ4n) is 3.43. The van der Waals surface area contributed by atoms with Crippen LogP contribution in [0.2, 0.25) is 0 Å². The molecule has 31 heavy (non-hydrogen) atoms. The third-order valence-corrected chi connectivity index (χ3v) is 6.13. The Balaban J connectivity index is 1.84. The molecule has 1 unspecified atom stereocenters. The smallest absolute Gasteiger partial charge is 0.241 e. The number of nitrogens with one attached hydrogen (secondary N) is 1. The number of ether oxygens (including phenoxy) is 2. The van der Waals surface area contributed by atoms with Gasteiger partial charge in [-0.15, -0.1) is 0 Å². The summed E-state index contributed by atoms with van der Waals surface area (Å²) < 4.78 is 36.8. The third-order valence-electron chi connectivity index (χ3n) is 5.01. The molecule has 0 radical (unpaired) electrons. The molecule has 0 saturated carbocycles. The molecule has 7 nitrogen and oxygen atoms in total. The molecule has 8 heteroatoms. The number of sulfonamides is 1. The van der Waals surface area contributed by atoms with Crippen molar-refractivity contribution in [2.45, 2.75) is 13.0 Å². The standard InChI is InChI=1S/C23H26N2O5S/c1-16(18-12-13-21(29-2)22(14-18)30-3)24-23(26)15-25(31(4,27)28)20-11-7-9-17-8-5-6-10-19(17)20/h5-14,16H,15H2,1-4H3,(H,24,26). The van der Waals surface area contributed by atoms with Crippen LogP contribution in [0.25, 0.3) is 10.8 Å².